The molecule has 0 radical (unpaired) electrons. The Morgan fingerprint density at radius 2 is 2.23 bits per heavy atom. The molecule has 2 unspecified atom stereocenters. The number of nitrogens with zero attached hydrogens (tertiary/aromatic N) is 3. The molecule has 0 bridgehead atoms. The number of anilines is 1. The van der Waals surface area contributed by atoms with Gasteiger partial charge in [0, 0.05) is 29.7 Å². The lowest BCUT2D eigenvalue weighted by Crippen LogP contribution is -2.59. The van der Waals surface area contributed by atoms with Crippen molar-refractivity contribution in [2.45, 2.75) is 43.8 Å². The molecule has 0 saturated carbocycles. The summed E-state index contributed by atoms with van der Waals surface area (Å²) in [5, 5.41) is 9.84. The standard InChI is InChI=1S/C21H22F2N4O4/c1-10-15(28)7-27(10)20-25-17(14-4-5-21(22,23)18(14)26-20)11-2-3-13-12(9-31-19(24)29)8-30-16(13)6-11/h2-3,6,10,12,15,28H,4-5,7-9H2,1H3,(H2,24,29)/t10-,12?,15?/m0/s1. The maximum Gasteiger partial charge on any atom is 0.404 e. The number of nitrogens with two attached hydrogens (primary N) is 1. The number of amides is 1. The van der Waals surface area contributed by atoms with Gasteiger partial charge in [0.2, 0.25) is 5.95 Å². The van der Waals surface area contributed by atoms with Gasteiger partial charge in [0.05, 0.1) is 30.4 Å². The fourth-order valence-electron chi connectivity index (χ4n) is 4.38. The molecule has 3 aliphatic rings. The molecular formula is C21H22F2N4O4. The van der Waals surface area contributed by atoms with Crippen molar-refractivity contribution in [1.29, 1.82) is 0 Å². The highest BCUT2D eigenvalue weighted by Crippen LogP contribution is 2.46. The number of carbonyl (C=O) groups excluding carboxylic acids is 1. The van der Waals surface area contributed by atoms with Crippen LogP contribution in [0.25, 0.3) is 11.3 Å². The molecule has 3 heterocycles. The molecular weight excluding hydrogens is 410 g/mol. The summed E-state index contributed by atoms with van der Waals surface area (Å²) < 4.78 is 39.7. The van der Waals surface area contributed by atoms with Crippen molar-refractivity contribution in [3.63, 3.8) is 0 Å². The third kappa shape index (κ3) is 3.25. The van der Waals surface area contributed by atoms with Gasteiger partial charge >= 0.3 is 6.09 Å². The molecule has 3 N–H and O–H groups in total. The van der Waals surface area contributed by atoms with E-state index in [2.05, 4.69) is 9.97 Å². The Hall–Kier alpha value is -3.01. The van der Waals surface area contributed by atoms with E-state index in [9.17, 15) is 18.7 Å². The van der Waals surface area contributed by atoms with E-state index in [1.54, 1.807) is 17.9 Å². The van der Waals surface area contributed by atoms with Crippen LogP contribution >= 0.6 is 0 Å². The topological polar surface area (TPSA) is 111 Å². The number of β-amino-alcohol motifs (C(OH)–C–C–N with tert-alkyl or cyclic N) is 1. The quantitative estimate of drug-likeness (QED) is 0.763. The van der Waals surface area contributed by atoms with E-state index in [1.165, 1.54) is 0 Å². The Labute approximate surface area is 177 Å². The molecule has 5 rings (SSSR count). The van der Waals surface area contributed by atoms with Crippen LogP contribution in [0.5, 0.6) is 5.75 Å². The molecule has 0 spiro atoms. The van der Waals surface area contributed by atoms with Crippen molar-refractivity contribution in [3.05, 3.63) is 35.0 Å². The molecule has 1 aliphatic carbocycles. The molecule has 1 amide bonds. The van der Waals surface area contributed by atoms with Gasteiger partial charge in [-0.25, -0.2) is 14.8 Å². The Morgan fingerprint density at radius 3 is 2.94 bits per heavy atom. The van der Waals surface area contributed by atoms with E-state index in [0.29, 0.717) is 35.7 Å². The van der Waals surface area contributed by atoms with Gasteiger partial charge in [-0.1, -0.05) is 12.1 Å². The number of carbonyl (C=O) groups is 1. The fourth-order valence-corrected chi connectivity index (χ4v) is 4.38. The lowest BCUT2D eigenvalue weighted by molar-refractivity contribution is -0.00603. The fraction of sp³-hybridized carbons (Fsp3) is 0.476. The summed E-state index contributed by atoms with van der Waals surface area (Å²) in [5.74, 6) is -2.36. The van der Waals surface area contributed by atoms with Crippen molar-refractivity contribution < 1.29 is 28.2 Å². The van der Waals surface area contributed by atoms with Crippen LogP contribution in [0.2, 0.25) is 0 Å². The van der Waals surface area contributed by atoms with Gasteiger partial charge in [-0.3, -0.25) is 0 Å². The summed E-state index contributed by atoms with van der Waals surface area (Å²) >= 11 is 0. The summed E-state index contributed by atoms with van der Waals surface area (Å²) in [4.78, 5) is 21.4. The summed E-state index contributed by atoms with van der Waals surface area (Å²) in [6.07, 6.45) is -1.50. The predicted molar refractivity (Wildman–Crippen MR) is 106 cm³/mol. The number of ether oxygens (including phenoxy) is 2. The second-order valence-corrected chi connectivity index (χ2v) is 8.25. The molecule has 164 valence electrons. The summed E-state index contributed by atoms with van der Waals surface area (Å²) in [6.45, 7) is 2.55. The predicted octanol–water partition coefficient (Wildman–Crippen LogP) is 2.32. The van der Waals surface area contributed by atoms with E-state index in [1.807, 2.05) is 12.1 Å². The first kappa shape index (κ1) is 19.9. The molecule has 31 heavy (non-hydrogen) atoms. The number of benzene rings is 1. The normalized spacial score (nSPS) is 25.4. The number of halogens is 2. The lowest BCUT2D eigenvalue weighted by Gasteiger charge is -2.43. The highest BCUT2D eigenvalue weighted by atomic mass is 19.3. The average Bonchev–Trinajstić information content (AvgIpc) is 3.29. The lowest BCUT2D eigenvalue weighted by atomic mass is 9.98. The molecule has 8 nitrogen and oxygen atoms in total. The SMILES string of the molecule is C[C@H]1C(O)CN1c1nc(-c2ccc3c(c2)OCC3COC(N)=O)c2c(n1)C(F)(F)CC2. The third-order valence-corrected chi connectivity index (χ3v) is 6.31. The molecule has 2 aliphatic heterocycles. The maximum atomic E-state index is 14.6. The van der Waals surface area contributed by atoms with E-state index in [4.69, 9.17) is 15.2 Å². The van der Waals surface area contributed by atoms with Crippen molar-refractivity contribution in [2.24, 2.45) is 5.73 Å². The molecule has 1 saturated heterocycles. The van der Waals surface area contributed by atoms with Gasteiger partial charge in [-0.05, 0) is 19.4 Å². The zero-order valence-corrected chi connectivity index (χ0v) is 16.8. The van der Waals surface area contributed by atoms with Gasteiger partial charge in [-0.15, -0.1) is 0 Å². The minimum Gasteiger partial charge on any atom is -0.492 e. The van der Waals surface area contributed by atoms with Crippen LogP contribution in [0.1, 0.15) is 36.1 Å². The Bertz CT molecular complexity index is 1060. The van der Waals surface area contributed by atoms with Gasteiger partial charge in [0.25, 0.3) is 5.92 Å². The summed E-state index contributed by atoms with van der Waals surface area (Å²) in [5.41, 5.74) is 7.21. The zero-order valence-electron chi connectivity index (χ0n) is 16.8. The second-order valence-electron chi connectivity index (χ2n) is 8.25. The number of fused-ring (bicyclic) bond motifs is 2. The summed E-state index contributed by atoms with van der Waals surface area (Å²) in [7, 11) is 0. The Morgan fingerprint density at radius 1 is 1.42 bits per heavy atom. The molecule has 2 aromatic rings. The van der Waals surface area contributed by atoms with E-state index in [-0.39, 0.29) is 43.1 Å². The van der Waals surface area contributed by atoms with Crippen LogP contribution in [0.15, 0.2) is 18.2 Å². The number of aliphatic hydroxyl groups is 1. The monoisotopic (exact) mass is 432 g/mol. The van der Waals surface area contributed by atoms with Crippen molar-refractivity contribution in [3.8, 4) is 17.0 Å². The number of aliphatic hydroxyl groups excluding tert-OH is 1. The first-order valence-electron chi connectivity index (χ1n) is 10.2. The first-order chi connectivity index (χ1) is 14.7. The number of hydrogen-bond donors (Lipinski definition) is 2. The second kappa shape index (κ2) is 7.01. The third-order valence-electron chi connectivity index (χ3n) is 6.31. The highest BCUT2D eigenvalue weighted by Gasteiger charge is 2.45. The maximum absolute atomic E-state index is 14.6. The number of primary amides is 1. The van der Waals surface area contributed by atoms with Gasteiger partial charge in [-0.2, -0.15) is 8.78 Å². The van der Waals surface area contributed by atoms with Gasteiger partial charge < -0.3 is 25.2 Å². The van der Waals surface area contributed by atoms with Crippen molar-refractivity contribution in [1.82, 2.24) is 9.97 Å². The largest absolute Gasteiger partial charge is 0.492 e. The highest BCUT2D eigenvalue weighted by molar-refractivity contribution is 5.70. The Balaban J connectivity index is 1.53. The van der Waals surface area contributed by atoms with E-state index in [0.717, 1.165) is 5.56 Å². The van der Waals surface area contributed by atoms with Gasteiger partial charge in [0.1, 0.15) is 18.1 Å². The van der Waals surface area contributed by atoms with Crippen molar-refractivity contribution in [2.75, 3.05) is 24.7 Å². The van der Waals surface area contributed by atoms with E-state index < -0.39 is 18.1 Å². The Kier molecular flexibility index (Phi) is 4.51. The van der Waals surface area contributed by atoms with Crippen molar-refractivity contribution >= 4 is 12.0 Å². The molecule has 1 fully saturated rings. The van der Waals surface area contributed by atoms with Crippen LogP contribution < -0.4 is 15.4 Å². The number of aromatic nitrogens is 2. The van der Waals surface area contributed by atoms with Crippen LogP contribution in [0.3, 0.4) is 0 Å². The van der Waals surface area contributed by atoms with E-state index >= 15 is 0 Å². The first-order valence-corrected chi connectivity index (χ1v) is 10.2. The smallest absolute Gasteiger partial charge is 0.404 e. The van der Waals surface area contributed by atoms with Crippen LogP contribution in [0, 0.1) is 0 Å². The number of alkyl halides is 2. The minimum atomic E-state index is -3.01. The molecule has 10 heteroatoms. The minimum absolute atomic E-state index is 0.107. The number of rotatable bonds is 4. The van der Waals surface area contributed by atoms with Crippen LogP contribution in [-0.4, -0.2) is 53.1 Å². The van der Waals surface area contributed by atoms with Crippen LogP contribution in [0.4, 0.5) is 19.5 Å². The molecule has 1 aromatic carbocycles. The molecule has 3 atom stereocenters. The summed E-state index contributed by atoms with van der Waals surface area (Å²) in [6, 6.07) is 5.18. The number of hydrogen-bond acceptors (Lipinski definition) is 7. The van der Waals surface area contributed by atoms with Crippen LogP contribution in [-0.2, 0) is 17.1 Å². The van der Waals surface area contributed by atoms with Gasteiger partial charge in [0.15, 0.2) is 0 Å². The average molecular weight is 432 g/mol. The molecule has 1 aromatic heterocycles. The zero-order chi connectivity index (χ0) is 21.9.